The number of phenols is 1. The molecule has 0 aliphatic heterocycles. The van der Waals surface area contributed by atoms with Gasteiger partial charge in [-0.3, -0.25) is 4.79 Å². The van der Waals surface area contributed by atoms with Crippen molar-refractivity contribution >= 4 is 23.4 Å². The van der Waals surface area contributed by atoms with E-state index in [2.05, 4.69) is 0 Å². The van der Waals surface area contributed by atoms with Crippen LogP contribution in [0.3, 0.4) is 0 Å². The van der Waals surface area contributed by atoms with E-state index in [1.807, 2.05) is 0 Å². The Morgan fingerprint density at radius 3 is 2.45 bits per heavy atom. The number of hydrogen-bond acceptors (Lipinski definition) is 3. The molecule has 0 fully saturated rings. The topological polar surface area (TPSA) is 74.6 Å². The first-order valence-electron chi connectivity index (χ1n) is 5.81. The molecule has 0 saturated carbocycles. The molecular formula is C15H11ClO4. The summed E-state index contributed by atoms with van der Waals surface area (Å²) in [6, 6.07) is 10.7. The van der Waals surface area contributed by atoms with Crippen LogP contribution in [0.1, 0.15) is 26.3 Å². The Kier molecular flexibility index (Phi) is 4.05. The van der Waals surface area contributed by atoms with Crippen molar-refractivity contribution in [3.05, 3.63) is 64.2 Å². The van der Waals surface area contributed by atoms with Crippen LogP contribution in [-0.4, -0.2) is 22.0 Å². The molecular weight excluding hydrogens is 280 g/mol. The lowest BCUT2D eigenvalue weighted by molar-refractivity contribution is 0.0693. The van der Waals surface area contributed by atoms with Crippen molar-refractivity contribution in [2.75, 3.05) is 0 Å². The third-order valence-electron chi connectivity index (χ3n) is 2.80. The number of carboxylic acids is 1. The lowest BCUT2D eigenvalue weighted by Gasteiger charge is -2.05. The third kappa shape index (κ3) is 3.16. The Hall–Kier alpha value is -2.33. The minimum atomic E-state index is -1.24. The van der Waals surface area contributed by atoms with Crippen LogP contribution in [0.15, 0.2) is 42.5 Å². The third-order valence-corrected chi connectivity index (χ3v) is 3.04. The molecule has 0 aliphatic carbocycles. The predicted octanol–water partition coefficient (Wildman–Crippen LogP) is 3.17. The molecule has 0 amide bonds. The quantitative estimate of drug-likeness (QED) is 0.848. The molecule has 0 bridgehead atoms. The Labute approximate surface area is 120 Å². The summed E-state index contributed by atoms with van der Waals surface area (Å²) in [6.45, 7) is 0. The van der Waals surface area contributed by atoms with Gasteiger partial charge >= 0.3 is 5.97 Å². The van der Waals surface area contributed by atoms with E-state index in [0.717, 1.165) is 11.6 Å². The van der Waals surface area contributed by atoms with Crippen molar-refractivity contribution in [1.82, 2.24) is 0 Å². The van der Waals surface area contributed by atoms with Crippen LogP contribution in [0.2, 0.25) is 5.02 Å². The highest BCUT2D eigenvalue weighted by Crippen LogP contribution is 2.20. The largest absolute Gasteiger partial charge is 0.507 e. The molecule has 0 spiro atoms. The average molecular weight is 291 g/mol. The summed E-state index contributed by atoms with van der Waals surface area (Å²) in [5.41, 5.74) is 0.779. The molecule has 2 aromatic rings. The van der Waals surface area contributed by atoms with Gasteiger partial charge in [-0.15, -0.1) is 0 Å². The summed E-state index contributed by atoms with van der Waals surface area (Å²) in [7, 11) is 0. The fraction of sp³-hybridized carbons (Fsp3) is 0.0667. The molecule has 0 atom stereocenters. The Morgan fingerprint density at radius 2 is 1.85 bits per heavy atom. The van der Waals surface area contributed by atoms with Crippen LogP contribution in [0.4, 0.5) is 0 Å². The molecule has 5 heteroatoms. The highest BCUT2D eigenvalue weighted by atomic mass is 35.5. The highest BCUT2D eigenvalue weighted by molar-refractivity contribution is 6.30. The van der Waals surface area contributed by atoms with Gasteiger partial charge in [0.25, 0.3) is 0 Å². The summed E-state index contributed by atoms with van der Waals surface area (Å²) in [5, 5.41) is 18.9. The first kappa shape index (κ1) is 14.1. The molecule has 0 unspecified atom stereocenters. The Bertz CT molecular complexity index is 679. The van der Waals surface area contributed by atoms with Gasteiger partial charge in [-0.2, -0.15) is 0 Å². The van der Waals surface area contributed by atoms with E-state index in [4.69, 9.17) is 16.7 Å². The van der Waals surface area contributed by atoms with E-state index < -0.39 is 11.7 Å². The van der Waals surface area contributed by atoms with E-state index >= 15 is 0 Å². The van der Waals surface area contributed by atoms with Crippen molar-refractivity contribution in [2.45, 2.75) is 6.42 Å². The summed E-state index contributed by atoms with van der Waals surface area (Å²) >= 11 is 5.84. The van der Waals surface area contributed by atoms with Gasteiger partial charge in [0.2, 0.25) is 0 Å². The number of ketones is 1. The second kappa shape index (κ2) is 5.75. The van der Waals surface area contributed by atoms with E-state index in [1.165, 1.54) is 12.1 Å². The zero-order valence-electron chi connectivity index (χ0n) is 10.3. The van der Waals surface area contributed by atoms with Gasteiger partial charge in [0, 0.05) is 17.0 Å². The second-order valence-corrected chi connectivity index (χ2v) is 4.70. The van der Waals surface area contributed by atoms with Gasteiger partial charge in [-0.25, -0.2) is 4.79 Å². The van der Waals surface area contributed by atoms with Gasteiger partial charge in [-0.05, 0) is 29.8 Å². The molecule has 102 valence electrons. The number of aromatic carboxylic acids is 1. The highest BCUT2D eigenvalue weighted by Gasteiger charge is 2.13. The van der Waals surface area contributed by atoms with E-state index in [1.54, 1.807) is 24.3 Å². The van der Waals surface area contributed by atoms with E-state index in [9.17, 15) is 14.7 Å². The number of aromatic hydroxyl groups is 1. The van der Waals surface area contributed by atoms with Crippen molar-refractivity contribution in [3.63, 3.8) is 0 Å². The molecule has 20 heavy (non-hydrogen) atoms. The Morgan fingerprint density at radius 1 is 1.10 bits per heavy atom. The monoisotopic (exact) mass is 290 g/mol. The number of carbonyl (C=O) groups is 2. The van der Waals surface area contributed by atoms with Crippen molar-refractivity contribution in [2.24, 2.45) is 0 Å². The zero-order valence-corrected chi connectivity index (χ0v) is 11.1. The molecule has 2 N–H and O–H groups in total. The van der Waals surface area contributed by atoms with Gasteiger partial charge in [-0.1, -0.05) is 29.8 Å². The molecule has 4 nitrogen and oxygen atoms in total. The fourth-order valence-corrected chi connectivity index (χ4v) is 2.03. The first-order valence-corrected chi connectivity index (χ1v) is 6.19. The van der Waals surface area contributed by atoms with E-state index in [-0.39, 0.29) is 23.3 Å². The van der Waals surface area contributed by atoms with Crippen LogP contribution in [-0.2, 0) is 6.42 Å². The van der Waals surface area contributed by atoms with Crippen LogP contribution < -0.4 is 0 Å². The van der Waals surface area contributed by atoms with E-state index in [0.29, 0.717) is 5.02 Å². The normalized spacial score (nSPS) is 10.2. The molecule has 0 heterocycles. The predicted molar refractivity (Wildman–Crippen MR) is 74.6 cm³/mol. The van der Waals surface area contributed by atoms with Gasteiger partial charge in [0.1, 0.15) is 11.3 Å². The maximum atomic E-state index is 12.1. The second-order valence-electron chi connectivity index (χ2n) is 4.27. The number of benzene rings is 2. The van der Waals surface area contributed by atoms with Crippen LogP contribution in [0.25, 0.3) is 0 Å². The minimum Gasteiger partial charge on any atom is -0.507 e. The Balaban J connectivity index is 2.22. The molecule has 2 rings (SSSR count). The standard InChI is InChI=1S/C15H11ClO4/c16-11-3-1-2-9(6-11)7-13(17)10-4-5-12(15(19)20)14(18)8-10/h1-6,8,18H,7H2,(H,19,20). The number of carboxylic acid groups (broad SMARTS) is 1. The maximum absolute atomic E-state index is 12.1. The molecule has 0 saturated heterocycles. The maximum Gasteiger partial charge on any atom is 0.339 e. The number of Topliss-reactive ketones (excluding diaryl/α,β-unsaturated/α-hetero) is 1. The number of hydrogen-bond donors (Lipinski definition) is 2. The molecule has 0 radical (unpaired) electrons. The molecule has 2 aromatic carbocycles. The van der Waals surface area contributed by atoms with Gasteiger partial charge in [0.05, 0.1) is 0 Å². The average Bonchev–Trinajstić information content (AvgIpc) is 2.38. The zero-order chi connectivity index (χ0) is 14.7. The van der Waals surface area contributed by atoms with Gasteiger partial charge in [0.15, 0.2) is 5.78 Å². The van der Waals surface area contributed by atoms with Crippen molar-refractivity contribution in [1.29, 1.82) is 0 Å². The number of carbonyl (C=O) groups excluding carboxylic acids is 1. The minimum absolute atomic E-state index is 0.131. The van der Waals surface area contributed by atoms with Crippen LogP contribution >= 0.6 is 11.6 Å². The lowest BCUT2D eigenvalue weighted by atomic mass is 10.0. The summed E-state index contributed by atoms with van der Waals surface area (Å²) in [6.07, 6.45) is 0.131. The number of rotatable bonds is 4. The van der Waals surface area contributed by atoms with Crippen LogP contribution in [0, 0.1) is 0 Å². The molecule has 0 aliphatic rings. The smallest absolute Gasteiger partial charge is 0.339 e. The SMILES string of the molecule is O=C(Cc1cccc(Cl)c1)c1ccc(C(=O)O)c(O)c1. The lowest BCUT2D eigenvalue weighted by Crippen LogP contribution is -2.05. The van der Waals surface area contributed by atoms with Crippen LogP contribution in [0.5, 0.6) is 5.75 Å². The summed E-state index contributed by atoms with van der Waals surface area (Å²) in [5.74, 6) is -1.88. The summed E-state index contributed by atoms with van der Waals surface area (Å²) in [4.78, 5) is 22.8. The fourth-order valence-electron chi connectivity index (χ4n) is 1.82. The van der Waals surface area contributed by atoms with Crippen molar-refractivity contribution < 1.29 is 19.8 Å². The molecule has 0 aromatic heterocycles. The van der Waals surface area contributed by atoms with Gasteiger partial charge < -0.3 is 10.2 Å². The van der Waals surface area contributed by atoms with Crippen molar-refractivity contribution in [3.8, 4) is 5.75 Å². The first-order chi connectivity index (χ1) is 9.47. The summed E-state index contributed by atoms with van der Waals surface area (Å²) < 4.78 is 0. The number of halogens is 1.